The summed E-state index contributed by atoms with van der Waals surface area (Å²) in [4.78, 5) is 11.5. The third-order valence-corrected chi connectivity index (χ3v) is 6.42. The van der Waals surface area contributed by atoms with Crippen LogP contribution in [0.5, 0.6) is 0 Å². The highest BCUT2D eigenvalue weighted by Crippen LogP contribution is 2.39. The maximum Gasteiger partial charge on any atom is 0.245 e. The molecule has 0 radical (unpaired) electrons. The Bertz CT molecular complexity index is 757. The molecule has 1 aromatic rings. The number of rotatable bonds is 3. The molecule has 112 valence electrons. The zero-order valence-electron chi connectivity index (χ0n) is 11.5. The Morgan fingerprint density at radius 2 is 1.95 bits per heavy atom. The van der Waals surface area contributed by atoms with Crippen molar-refractivity contribution in [3.8, 4) is 0 Å². The fourth-order valence-electron chi connectivity index (χ4n) is 2.63. The number of hydrogen-bond acceptors (Lipinski definition) is 5. The van der Waals surface area contributed by atoms with Crippen molar-refractivity contribution in [2.24, 2.45) is 8.73 Å². The Morgan fingerprint density at radius 1 is 1.24 bits per heavy atom. The number of ketones is 1. The second-order valence-corrected chi connectivity index (χ2v) is 7.67. The van der Waals surface area contributed by atoms with Gasteiger partial charge in [-0.3, -0.25) is 4.79 Å². The van der Waals surface area contributed by atoms with Crippen LogP contribution < -0.4 is 0 Å². The van der Waals surface area contributed by atoms with Crippen molar-refractivity contribution in [3.63, 3.8) is 0 Å². The van der Waals surface area contributed by atoms with E-state index < -0.39 is 10.0 Å². The molecule has 0 bridgehead atoms. The van der Waals surface area contributed by atoms with Crippen molar-refractivity contribution in [3.05, 3.63) is 18.2 Å². The van der Waals surface area contributed by atoms with Crippen LogP contribution in [0.1, 0.15) is 25.7 Å². The minimum Gasteiger partial charge on any atom is -0.300 e. The summed E-state index contributed by atoms with van der Waals surface area (Å²) >= 11 is 1.00. The molecule has 8 heteroatoms. The van der Waals surface area contributed by atoms with Crippen LogP contribution in [-0.2, 0) is 26.2 Å². The number of hydrogen-bond donors (Lipinski definition) is 0. The molecule has 1 aromatic carbocycles. The Balaban J connectivity index is 1.93. The standard InChI is InChI=1S/C13H15N3O3S2/c1-16(9-5-7-10(17)8-6-9)21(18,19)12-4-2-3-11-13(12)15-20-14-11/h2-4,9H,5-8H2,1H3. The van der Waals surface area contributed by atoms with Gasteiger partial charge in [-0.15, -0.1) is 0 Å². The van der Waals surface area contributed by atoms with Crippen LogP contribution in [0, 0.1) is 0 Å². The second kappa shape index (κ2) is 5.43. The molecule has 21 heavy (non-hydrogen) atoms. The monoisotopic (exact) mass is 325 g/mol. The number of fused-ring (bicyclic) bond motifs is 1. The average molecular weight is 325 g/mol. The van der Waals surface area contributed by atoms with Crippen molar-refractivity contribution < 1.29 is 13.2 Å². The van der Waals surface area contributed by atoms with E-state index in [1.54, 1.807) is 25.2 Å². The van der Waals surface area contributed by atoms with E-state index in [-0.39, 0.29) is 16.7 Å². The predicted molar refractivity (Wildman–Crippen MR) is 80.2 cm³/mol. The highest BCUT2D eigenvalue weighted by Gasteiger charge is 2.33. The third-order valence-electron chi connectivity index (χ3n) is 3.93. The van der Waals surface area contributed by atoms with E-state index in [1.807, 2.05) is 0 Å². The first-order chi connectivity index (χ1) is 10.00. The van der Waals surface area contributed by atoms with Crippen LogP contribution in [0.3, 0.4) is 0 Å². The molecule has 0 unspecified atom stereocenters. The summed E-state index contributed by atoms with van der Waals surface area (Å²) in [5, 5.41) is 0. The highest BCUT2D eigenvalue weighted by molar-refractivity contribution is 7.89. The SMILES string of the molecule is CN(C1CCC(=O)CC1)S(=O)(=O)c1cccc2c1N=S=N2. The van der Waals surface area contributed by atoms with Crippen LogP contribution in [-0.4, -0.2) is 31.6 Å². The number of carbonyl (C=O) groups excluding carboxylic acids is 1. The molecule has 0 amide bonds. The van der Waals surface area contributed by atoms with Gasteiger partial charge in [0.25, 0.3) is 0 Å². The normalized spacial score (nSPS) is 18.9. The smallest absolute Gasteiger partial charge is 0.245 e. The van der Waals surface area contributed by atoms with Gasteiger partial charge in [0.1, 0.15) is 22.1 Å². The number of benzene rings is 1. The molecule has 6 nitrogen and oxygen atoms in total. The third kappa shape index (κ3) is 2.58. The molecule has 1 aliphatic carbocycles. The number of nitrogens with zero attached hydrogens (tertiary/aromatic N) is 3. The lowest BCUT2D eigenvalue weighted by Gasteiger charge is -2.30. The van der Waals surface area contributed by atoms with E-state index in [9.17, 15) is 13.2 Å². The molecular weight excluding hydrogens is 310 g/mol. The summed E-state index contributed by atoms with van der Waals surface area (Å²) in [6, 6.07) is 4.85. The zero-order valence-corrected chi connectivity index (χ0v) is 13.2. The maximum atomic E-state index is 12.8. The van der Waals surface area contributed by atoms with Crippen molar-refractivity contribution in [1.82, 2.24) is 4.31 Å². The van der Waals surface area contributed by atoms with E-state index in [4.69, 9.17) is 0 Å². The minimum absolute atomic E-state index is 0.130. The summed E-state index contributed by atoms with van der Waals surface area (Å²) in [5.41, 5.74) is 1.01. The predicted octanol–water partition coefficient (Wildman–Crippen LogP) is 2.55. The van der Waals surface area contributed by atoms with Gasteiger partial charge in [-0.2, -0.15) is 13.0 Å². The summed E-state index contributed by atoms with van der Waals surface area (Å²) in [6.45, 7) is 0. The summed E-state index contributed by atoms with van der Waals surface area (Å²) in [7, 11) is -2.05. The largest absolute Gasteiger partial charge is 0.300 e. The fraction of sp³-hybridized carbons (Fsp3) is 0.462. The van der Waals surface area contributed by atoms with E-state index in [1.165, 1.54) is 4.31 Å². The van der Waals surface area contributed by atoms with Gasteiger partial charge in [0, 0.05) is 25.9 Å². The summed E-state index contributed by atoms with van der Waals surface area (Å²) < 4.78 is 35.2. The molecule has 0 saturated heterocycles. The van der Waals surface area contributed by atoms with Crippen LogP contribution in [0.4, 0.5) is 11.4 Å². The van der Waals surface area contributed by atoms with Crippen molar-refractivity contribution >= 4 is 38.5 Å². The molecule has 0 N–H and O–H groups in total. The lowest BCUT2D eigenvalue weighted by atomic mass is 9.95. The van der Waals surface area contributed by atoms with Crippen LogP contribution in [0.2, 0.25) is 0 Å². The lowest BCUT2D eigenvalue weighted by Crippen LogP contribution is -2.39. The van der Waals surface area contributed by atoms with Crippen LogP contribution >= 0.6 is 0 Å². The summed E-state index contributed by atoms with van der Waals surface area (Å²) in [6.07, 6.45) is 2.07. The molecule has 0 spiro atoms. The number of carbonyl (C=O) groups is 1. The Hall–Kier alpha value is -1.38. The number of Topliss-reactive ketones (excluding diaryl/α,β-unsaturated/α-hetero) is 1. The van der Waals surface area contributed by atoms with E-state index in [0.717, 1.165) is 11.4 Å². The van der Waals surface area contributed by atoms with E-state index >= 15 is 0 Å². The Labute approximate surface area is 127 Å². The maximum absolute atomic E-state index is 12.8. The topological polar surface area (TPSA) is 79.2 Å². The molecule has 1 saturated carbocycles. The average Bonchev–Trinajstić information content (AvgIpc) is 2.95. The van der Waals surface area contributed by atoms with E-state index in [2.05, 4.69) is 8.73 Å². The molecule has 0 aromatic heterocycles. The first-order valence-corrected chi connectivity index (χ1v) is 8.88. The van der Waals surface area contributed by atoms with Gasteiger partial charge in [0.2, 0.25) is 10.0 Å². The second-order valence-electron chi connectivity index (χ2n) is 5.18. The Kier molecular flexibility index (Phi) is 3.76. The van der Waals surface area contributed by atoms with E-state index in [0.29, 0.717) is 37.1 Å². The first-order valence-electron chi connectivity index (χ1n) is 6.71. The molecule has 2 aliphatic rings. The van der Waals surface area contributed by atoms with Gasteiger partial charge in [0.05, 0.1) is 11.4 Å². The minimum atomic E-state index is -3.63. The first kappa shape index (κ1) is 14.6. The molecule has 1 aliphatic heterocycles. The van der Waals surface area contributed by atoms with Gasteiger partial charge < -0.3 is 0 Å². The number of sulfonamides is 1. The molecule has 0 atom stereocenters. The van der Waals surface area contributed by atoms with Crippen LogP contribution in [0.25, 0.3) is 0 Å². The van der Waals surface area contributed by atoms with Gasteiger partial charge in [-0.25, -0.2) is 8.42 Å². The quantitative estimate of drug-likeness (QED) is 0.870. The van der Waals surface area contributed by atoms with Crippen molar-refractivity contribution in [1.29, 1.82) is 0 Å². The fourth-order valence-corrected chi connectivity index (χ4v) is 4.80. The van der Waals surface area contributed by atoms with Gasteiger partial charge in [-0.1, -0.05) is 6.07 Å². The zero-order chi connectivity index (χ0) is 15.0. The Morgan fingerprint density at radius 3 is 2.67 bits per heavy atom. The van der Waals surface area contributed by atoms with Gasteiger partial charge in [0.15, 0.2) is 0 Å². The molecular formula is C13H15N3O3S2. The molecule has 3 rings (SSSR count). The van der Waals surface area contributed by atoms with Gasteiger partial charge >= 0.3 is 0 Å². The lowest BCUT2D eigenvalue weighted by molar-refractivity contribution is -0.120. The van der Waals surface area contributed by atoms with Crippen LogP contribution in [0.15, 0.2) is 31.8 Å². The molecule has 1 fully saturated rings. The van der Waals surface area contributed by atoms with Crippen molar-refractivity contribution in [2.75, 3.05) is 7.05 Å². The molecule has 1 heterocycles. The summed E-state index contributed by atoms with van der Waals surface area (Å²) in [5.74, 6) is 0.211. The van der Waals surface area contributed by atoms with Gasteiger partial charge in [-0.05, 0) is 25.0 Å². The highest BCUT2D eigenvalue weighted by atomic mass is 32.2. The van der Waals surface area contributed by atoms with Crippen molar-refractivity contribution in [2.45, 2.75) is 36.6 Å².